The highest BCUT2D eigenvalue weighted by Gasteiger charge is 2.56. The van der Waals surface area contributed by atoms with Crippen molar-refractivity contribution in [1.29, 1.82) is 0 Å². The molecule has 2 nitrogen and oxygen atoms in total. The highest BCUT2D eigenvalue weighted by atomic mass is 35.5. The second-order valence-corrected chi connectivity index (χ2v) is 5.41. The highest BCUT2D eigenvalue weighted by molar-refractivity contribution is 6.52. The lowest BCUT2D eigenvalue weighted by Crippen LogP contribution is -2.26. The van der Waals surface area contributed by atoms with Gasteiger partial charge in [-0.1, -0.05) is 12.1 Å². The lowest BCUT2D eigenvalue weighted by Gasteiger charge is -2.05. The van der Waals surface area contributed by atoms with Crippen LogP contribution >= 0.6 is 23.2 Å². The molecule has 1 aromatic carbocycles. The van der Waals surface area contributed by atoms with Gasteiger partial charge in [-0.05, 0) is 24.1 Å². The van der Waals surface area contributed by atoms with Gasteiger partial charge >= 0.3 is 0 Å². The van der Waals surface area contributed by atoms with Crippen LogP contribution in [0.1, 0.15) is 12.0 Å². The Kier molecular flexibility index (Phi) is 3.08. The van der Waals surface area contributed by atoms with Crippen LogP contribution in [-0.4, -0.2) is 10.2 Å². The molecule has 1 atom stereocenters. The summed E-state index contributed by atoms with van der Waals surface area (Å²) in [5.74, 6) is -0.846. The van der Waals surface area contributed by atoms with Crippen molar-refractivity contribution < 1.29 is 9.18 Å². The summed E-state index contributed by atoms with van der Waals surface area (Å²) in [6.07, 6.45) is 0.477. The molecule has 2 rings (SSSR count). The Morgan fingerprint density at radius 2 is 2.25 bits per heavy atom. The molecular formula is C11H10Cl2FNO. The maximum absolute atomic E-state index is 12.8. The standard InChI is InChI=1S/C11H10Cl2FNO/c12-11(13)5-9(11)10(16)15-6-7-2-1-3-8(14)4-7/h1-4,9H,5-6H2,(H,15,16). The molecule has 0 radical (unpaired) electrons. The van der Waals surface area contributed by atoms with Crippen molar-refractivity contribution >= 4 is 29.1 Å². The third-order valence-corrected chi connectivity index (χ3v) is 3.33. The predicted molar refractivity (Wildman–Crippen MR) is 60.8 cm³/mol. The zero-order valence-corrected chi connectivity index (χ0v) is 9.85. The molecule has 0 aromatic heterocycles. The molecule has 0 bridgehead atoms. The summed E-state index contributed by atoms with van der Waals surface area (Å²) in [4.78, 5) is 11.5. The molecule has 5 heteroatoms. The Labute approximate surface area is 103 Å². The normalized spacial score (nSPS) is 21.6. The first-order valence-corrected chi connectivity index (χ1v) is 5.64. The van der Waals surface area contributed by atoms with Gasteiger partial charge in [-0.2, -0.15) is 0 Å². The van der Waals surface area contributed by atoms with E-state index in [0.29, 0.717) is 12.0 Å². The first-order valence-electron chi connectivity index (χ1n) is 4.89. The van der Waals surface area contributed by atoms with Gasteiger partial charge in [0.25, 0.3) is 0 Å². The van der Waals surface area contributed by atoms with E-state index in [9.17, 15) is 9.18 Å². The SMILES string of the molecule is O=C(NCc1cccc(F)c1)C1CC1(Cl)Cl. The van der Waals surface area contributed by atoms with Gasteiger partial charge < -0.3 is 5.32 Å². The maximum Gasteiger partial charge on any atom is 0.226 e. The van der Waals surface area contributed by atoms with Gasteiger partial charge in [-0.3, -0.25) is 4.79 Å². The zero-order valence-electron chi connectivity index (χ0n) is 8.34. The number of hydrogen-bond donors (Lipinski definition) is 1. The van der Waals surface area contributed by atoms with Crippen LogP contribution in [0.4, 0.5) is 4.39 Å². The van der Waals surface area contributed by atoms with Gasteiger partial charge in [0.2, 0.25) is 5.91 Å². The molecule has 86 valence electrons. The second kappa shape index (κ2) is 4.22. The minimum atomic E-state index is -0.911. The van der Waals surface area contributed by atoms with Gasteiger partial charge in [0.1, 0.15) is 10.2 Å². The van der Waals surface area contributed by atoms with Crippen molar-refractivity contribution in [3.05, 3.63) is 35.6 Å². The molecule has 16 heavy (non-hydrogen) atoms. The topological polar surface area (TPSA) is 29.1 Å². The number of nitrogens with one attached hydrogen (secondary N) is 1. The summed E-state index contributed by atoms with van der Waals surface area (Å²) >= 11 is 11.5. The molecule has 1 amide bonds. The van der Waals surface area contributed by atoms with Crippen molar-refractivity contribution in [2.75, 3.05) is 0 Å². The summed E-state index contributed by atoms with van der Waals surface area (Å²) in [5.41, 5.74) is 0.712. The molecule has 0 spiro atoms. The van der Waals surface area contributed by atoms with E-state index in [4.69, 9.17) is 23.2 Å². The highest BCUT2D eigenvalue weighted by Crippen LogP contribution is 2.53. The number of alkyl halides is 2. The van der Waals surface area contributed by atoms with E-state index >= 15 is 0 Å². The summed E-state index contributed by atoms with van der Waals surface area (Å²) in [7, 11) is 0. The van der Waals surface area contributed by atoms with Gasteiger partial charge in [0, 0.05) is 6.54 Å². The molecule has 1 aliphatic carbocycles. The molecular weight excluding hydrogens is 252 g/mol. The lowest BCUT2D eigenvalue weighted by molar-refractivity contribution is -0.122. The average Bonchev–Trinajstić information content (AvgIpc) is 2.85. The van der Waals surface area contributed by atoms with E-state index in [0.717, 1.165) is 0 Å². The van der Waals surface area contributed by atoms with Crippen LogP contribution in [0.25, 0.3) is 0 Å². The summed E-state index contributed by atoms with van der Waals surface area (Å²) in [6, 6.07) is 6.07. The Morgan fingerprint density at radius 3 is 2.81 bits per heavy atom. The van der Waals surface area contributed by atoms with E-state index in [1.165, 1.54) is 12.1 Å². The number of carbonyl (C=O) groups excluding carboxylic acids is 1. The molecule has 1 aliphatic rings. The average molecular weight is 262 g/mol. The largest absolute Gasteiger partial charge is 0.352 e. The minimum Gasteiger partial charge on any atom is -0.352 e. The summed E-state index contributed by atoms with van der Waals surface area (Å²) in [6.45, 7) is 0.289. The molecule has 1 fully saturated rings. The van der Waals surface area contributed by atoms with Gasteiger partial charge in [-0.25, -0.2) is 4.39 Å². The fraction of sp³-hybridized carbons (Fsp3) is 0.364. The van der Waals surface area contributed by atoms with Gasteiger partial charge in [-0.15, -0.1) is 23.2 Å². The number of benzene rings is 1. The van der Waals surface area contributed by atoms with Crippen LogP contribution in [0.2, 0.25) is 0 Å². The van der Waals surface area contributed by atoms with E-state index in [1.54, 1.807) is 12.1 Å². The van der Waals surface area contributed by atoms with Gasteiger partial charge in [0.05, 0.1) is 5.92 Å². The summed E-state index contributed by atoms with van der Waals surface area (Å²) < 4.78 is 11.9. The van der Waals surface area contributed by atoms with E-state index < -0.39 is 4.33 Å². The monoisotopic (exact) mass is 261 g/mol. The first-order chi connectivity index (χ1) is 7.49. The van der Waals surface area contributed by atoms with Crippen LogP contribution in [0.15, 0.2) is 24.3 Å². The molecule has 1 saturated carbocycles. The zero-order chi connectivity index (χ0) is 11.8. The van der Waals surface area contributed by atoms with Crippen molar-refractivity contribution in [1.82, 2.24) is 5.32 Å². The van der Waals surface area contributed by atoms with E-state index in [1.807, 2.05) is 0 Å². The quantitative estimate of drug-likeness (QED) is 0.833. The number of halogens is 3. The Hall–Kier alpha value is -0.800. The second-order valence-electron chi connectivity index (χ2n) is 3.87. The predicted octanol–water partition coefficient (Wildman–Crippen LogP) is 2.64. The van der Waals surface area contributed by atoms with Crippen LogP contribution in [0, 0.1) is 11.7 Å². The number of carbonyl (C=O) groups is 1. The number of hydrogen-bond acceptors (Lipinski definition) is 1. The van der Waals surface area contributed by atoms with Crippen molar-refractivity contribution in [3.63, 3.8) is 0 Å². The Morgan fingerprint density at radius 1 is 1.56 bits per heavy atom. The Balaban J connectivity index is 1.86. The molecule has 0 aliphatic heterocycles. The maximum atomic E-state index is 12.8. The number of rotatable bonds is 3. The van der Waals surface area contributed by atoms with Crippen LogP contribution in [-0.2, 0) is 11.3 Å². The lowest BCUT2D eigenvalue weighted by atomic mass is 10.2. The number of amides is 1. The fourth-order valence-electron chi connectivity index (χ4n) is 1.46. The molecule has 1 unspecified atom stereocenters. The van der Waals surface area contributed by atoms with E-state index in [2.05, 4.69) is 5.32 Å². The van der Waals surface area contributed by atoms with Crippen LogP contribution in [0.3, 0.4) is 0 Å². The Bertz CT molecular complexity index is 422. The van der Waals surface area contributed by atoms with Crippen molar-refractivity contribution in [3.8, 4) is 0 Å². The fourth-order valence-corrected chi connectivity index (χ4v) is 1.96. The molecule has 1 N–H and O–H groups in total. The van der Waals surface area contributed by atoms with Crippen LogP contribution in [0.5, 0.6) is 0 Å². The van der Waals surface area contributed by atoms with Crippen molar-refractivity contribution in [2.45, 2.75) is 17.3 Å². The third kappa shape index (κ3) is 2.66. The summed E-state index contributed by atoms with van der Waals surface area (Å²) in [5, 5.41) is 2.67. The molecule has 1 aromatic rings. The van der Waals surface area contributed by atoms with Crippen molar-refractivity contribution in [2.24, 2.45) is 5.92 Å². The molecule has 0 saturated heterocycles. The molecule has 0 heterocycles. The van der Waals surface area contributed by atoms with E-state index in [-0.39, 0.29) is 24.2 Å². The van der Waals surface area contributed by atoms with Crippen LogP contribution < -0.4 is 5.32 Å². The first kappa shape index (κ1) is 11.7. The smallest absolute Gasteiger partial charge is 0.226 e. The van der Waals surface area contributed by atoms with Gasteiger partial charge in [0.15, 0.2) is 0 Å². The minimum absolute atomic E-state index is 0.186. The third-order valence-electron chi connectivity index (χ3n) is 2.50.